The third kappa shape index (κ3) is 4.96. The average Bonchev–Trinajstić information content (AvgIpc) is 3.42. The minimum atomic E-state index is -0.500. The quantitative estimate of drug-likeness (QED) is 0.342. The summed E-state index contributed by atoms with van der Waals surface area (Å²) in [7, 11) is 1.62. The zero-order chi connectivity index (χ0) is 22.6. The van der Waals surface area contributed by atoms with Gasteiger partial charge in [-0.15, -0.1) is 10.2 Å². The lowest BCUT2D eigenvalue weighted by molar-refractivity contribution is -0.115. The molecule has 1 saturated carbocycles. The number of nitrogens with zero attached hydrogens (tertiary/aromatic N) is 3. The Kier molecular flexibility index (Phi) is 6.17. The Labute approximate surface area is 196 Å². The summed E-state index contributed by atoms with van der Waals surface area (Å²) in [5.74, 6) is 2.82. The summed E-state index contributed by atoms with van der Waals surface area (Å²) in [4.78, 5) is 13.4. The van der Waals surface area contributed by atoms with Crippen LogP contribution in [0.1, 0.15) is 41.2 Å². The van der Waals surface area contributed by atoms with Gasteiger partial charge in [0.15, 0.2) is 5.16 Å². The first-order valence-corrected chi connectivity index (χ1v) is 11.7. The van der Waals surface area contributed by atoms with Crippen LogP contribution in [0.2, 0.25) is 0 Å². The Hall–Kier alpha value is -3.52. The fourth-order valence-corrected chi connectivity index (χ4v) is 4.67. The molecule has 0 spiro atoms. The molecule has 4 aromatic rings. The van der Waals surface area contributed by atoms with Gasteiger partial charge in [-0.1, -0.05) is 42.1 Å². The molecule has 33 heavy (non-hydrogen) atoms. The van der Waals surface area contributed by atoms with E-state index in [1.54, 1.807) is 13.4 Å². The van der Waals surface area contributed by atoms with E-state index < -0.39 is 5.25 Å². The predicted octanol–water partition coefficient (Wildman–Crippen LogP) is 5.28. The van der Waals surface area contributed by atoms with Crippen molar-refractivity contribution in [3.8, 4) is 5.75 Å². The van der Waals surface area contributed by atoms with Crippen molar-refractivity contribution < 1.29 is 13.9 Å². The molecule has 1 aliphatic rings. The highest BCUT2D eigenvalue weighted by Crippen LogP contribution is 2.42. The van der Waals surface area contributed by atoms with Crippen molar-refractivity contribution in [1.82, 2.24) is 14.8 Å². The molecule has 0 bridgehead atoms. The molecule has 8 heteroatoms. The van der Waals surface area contributed by atoms with Crippen LogP contribution >= 0.6 is 11.8 Å². The van der Waals surface area contributed by atoms with Crippen molar-refractivity contribution in [2.45, 2.75) is 35.7 Å². The number of carbonyl (C=O) groups is 1. The number of anilines is 1. The number of hydrogen-bond acceptors (Lipinski definition) is 6. The second-order valence-electron chi connectivity index (χ2n) is 7.91. The third-order valence-corrected chi connectivity index (χ3v) is 6.74. The Morgan fingerprint density at radius 1 is 1.12 bits per heavy atom. The number of carbonyl (C=O) groups excluding carboxylic acids is 1. The summed E-state index contributed by atoms with van der Waals surface area (Å²) >= 11 is 1.40. The molecule has 2 aromatic carbocycles. The third-order valence-electron chi connectivity index (χ3n) is 5.50. The highest BCUT2D eigenvalue weighted by Gasteiger charge is 2.32. The van der Waals surface area contributed by atoms with Crippen molar-refractivity contribution in [1.29, 1.82) is 0 Å². The first kappa shape index (κ1) is 21.3. The lowest BCUT2D eigenvalue weighted by Crippen LogP contribution is -2.19. The van der Waals surface area contributed by atoms with Gasteiger partial charge in [-0.2, -0.15) is 0 Å². The van der Waals surface area contributed by atoms with E-state index in [-0.39, 0.29) is 5.91 Å². The first-order chi connectivity index (χ1) is 16.2. The van der Waals surface area contributed by atoms with Gasteiger partial charge in [0.2, 0.25) is 5.91 Å². The van der Waals surface area contributed by atoms with E-state index in [0.29, 0.717) is 23.3 Å². The second-order valence-corrected chi connectivity index (χ2v) is 8.98. The molecule has 1 aliphatic carbocycles. The van der Waals surface area contributed by atoms with Gasteiger partial charge in [0.1, 0.15) is 22.6 Å². The number of nitrogens with one attached hydrogen (secondary N) is 1. The minimum absolute atomic E-state index is 0.128. The minimum Gasteiger partial charge on any atom is -0.497 e. The average molecular weight is 461 g/mol. The van der Waals surface area contributed by atoms with Gasteiger partial charge < -0.3 is 14.5 Å². The first-order valence-electron chi connectivity index (χ1n) is 10.8. The predicted molar refractivity (Wildman–Crippen MR) is 126 cm³/mol. The van der Waals surface area contributed by atoms with Crippen LogP contribution in [0.15, 0.2) is 82.6 Å². The Morgan fingerprint density at radius 2 is 1.91 bits per heavy atom. The van der Waals surface area contributed by atoms with E-state index in [0.717, 1.165) is 35.7 Å². The smallest absolute Gasteiger partial charge is 0.242 e. The lowest BCUT2D eigenvalue weighted by atomic mass is 10.1. The topological polar surface area (TPSA) is 82.2 Å². The molecule has 2 aromatic heterocycles. The van der Waals surface area contributed by atoms with Crippen LogP contribution in [-0.4, -0.2) is 27.8 Å². The normalized spacial score (nSPS) is 14.1. The number of furan rings is 1. The number of methoxy groups -OCH3 is 1. The van der Waals surface area contributed by atoms with E-state index in [1.165, 1.54) is 11.8 Å². The molecule has 0 radical (unpaired) electrons. The van der Waals surface area contributed by atoms with Gasteiger partial charge in [-0.05, 0) is 54.8 Å². The van der Waals surface area contributed by atoms with E-state index in [2.05, 4.69) is 20.1 Å². The van der Waals surface area contributed by atoms with E-state index in [4.69, 9.17) is 9.15 Å². The number of rotatable bonds is 9. The van der Waals surface area contributed by atoms with Crippen LogP contribution in [0.3, 0.4) is 0 Å². The molecule has 1 fully saturated rings. The van der Waals surface area contributed by atoms with E-state index >= 15 is 0 Å². The maximum absolute atomic E-state index is 13.4. The van der Waals surface area contributed by atoms with Crippen LogP contribution in [0.5, 0.6) is 5.75 Å². The van der Waals surface area contributed by atoms with Crippen molar-refractivity contribution in [3.63, 3.8) is 0 Å². The standard InChI is InChI=1S/C25H24N4O3S/c1-31-20-13-11-19(12-14-20)26-24(30)22(17-6-3-2-4-7-17)33-25-28-27-23(18-9-10-18)29(25)16-21-8-5-15-32-21/h2-8,11-15,18,22H,9-10,16H2,1H3,(H,26,30). The summed E-state index contributed by atoms with van der Waals surface area (Å²) in [6.45, 7) is 0.537. The number of ether oxygens (including phenoxy) is 1. The van der Waals surface area contributed by atoms with Crippen LogP contribution in [0.25, 0.3) is 0 Å². The number of hydrogen-bond donors (Lipinski definition) is 1. The highest BCUT2D eigenvalue weighted by molar-refractivity contribution is 8.00. The molecule has 5 rings (SSSR count). The monoisotopic (exact) mass is 460 g/mol. The number of benzene rings is 2. The van der Waals surface area contributed by atoms with E-state index in [1.807, 2.05) is 66.7 Å². The second kappa shape index (κ2) is 9.54. The van der Waals surface area contributed by atoms with Crippen LogP contribution < -0.4 is 10.1 Å². The van der Waals surface area contributed by atoms with Gasteiger partial charge >= 0.3 is 0 Å². The summed E-state index contributed by atoms with van der Waals surface area (Å²) in [6, 6.07) is 20.8. The summed E-state index contributed by atoms with van der Waals surface area (Å²) in [6.07, 6.45) is 3.89. The molecular weight excluding hydrogens is 436 g/mol. The fourth-order valence-electron chi connectivity index (χ4n) is 3.63. The van der Waals surface area contributed by atoms with Gasteiger partial charge in [0, 0.05) is 11.6 Å². The zero-order valence-corrected chi connectivity index (χ0v) is 19.0. The number of amides is 1. The Balaban J connectivity index is 1.43. The largest absolute Gasteiger partial charge is 0.497 e. The Bertz CT molecular complexity index is 1200. The zero-order valence-electron chi connectivity index (χ0n) is 18.2. The van der Waals surface area contributed by atoms with Crippen LogP contribution in [-0.2, 0) is 11.3 Å². The van der Waals surface area contributed by atoms with Gasteiger partial charge in [0.25, 0.3) is 0 Å². The summed E-state index contributed by atoms with van der Waals surface area (Å²) in [5, 5.41) is 12.2. The molecule has 7 nitrogen and oxygen atoms in total. The van der Waals surface area contributed by atoms with Crippen molar-refractivity contribution >= 4 is 23.4 Å². The maximum atomic E-state index is 13.4. The van der Waals surface area contributed by atoms with Gasteiger partial charge in [-0.25, -0.2) is 0 Å². The molecule has 168 valence electrons. The molecular formula is C25H24N4O3S. The SMILES string of the molecule is COc1ccc(NC(=O)C(Sc2nnc(C3CC3)n2Cc2ccco2)c2ccccc2)cc1. The molecule has 1 N–H and O–H groups in total. The van der Waals surface area contributed by atoms with Crippen molar-refractivity contribution in [2.24, 2.45) is 0 Å². The molecule has 0 saturated heterocycles. The number of thioether (sulfide) groups is 1. The van der Waals surface area contributed by atoms with Gasteiger partial charge in [0.05, 0.1) is 19.9 Å². The maximum Gasteiger partial charge on any atom is 0.242 e. The van der Waals surface area contributed by atoms with Crippen molar-refractivity contribution in [3.05, 3.63) is 90.1 Å². The highest BCUT2D eigenvalue weighted by atomic mass is 32.2. The molecule has 1 amide bonds. The summed E-state index contributed by atoms with van der Waals surface area (Å²) in [5.41, 5.74) is 1.60. The van der Waals surface area contributed by atoms with Gasteiger partial charge in [-0.3, -0.25) is 9.36 Å². The molecule has 2 heterocycles. The molecule has 0 aliphatic heterocycles. The number of aromatic nitrogens is 3. The van der Waals surface area contributed by atoms with Crippen molar-refractivity contribution in [2.75, 3.05) is 12.4 Å². The summed E-state index contributed by atoms with van der Waals surface area (Å²) < 4.78 is 12.9. The molecule has 1 atom stereocenters. The van der Waals surface area contributed by atoms with E-state index in [9.17, 15) is 4.79 Å². The fraction of sp³-hybridized carbons (Fsp3) is 0.240. The van der Waals surface area contributed by atoms with Crippen LogP contribution in [0, 0.1) is 0 Å². The lowest BCUT2D eigenvalue weighted by Gasteiger charge is -2.17. The molecule has 1 unspecified atom stereocenters. The van der Waals surface area contributed by atoms with Crippen LogP contribution in [0.4, 0.5) is 5.69 Å². The Morgan fingerprint density at radius 3 is 2.58 bits per heavy atom.